The minimum absolute atomic E-state index is 0.136. The summed E-state index contributed by atoms with van der Waals surface area (Å²) in [5.41, 5.74) is 8.92. The van der Waals surface area contributed by atoms with Gasteiger partial charge in [0.05, 0.1) is 11.0 Å². The van der Waals surface area contributed by atoms with Crippen LogP contribution in [0, 0.1) is 0 Å². The highest BCUT2D eigenvalue weighted by molar-refractivity contribution is 6.35. The summed E-state index contributed by atoms with van der Waals surface area (Å²) in [5, 5.41) is 11.2. The van der Waals surface area contributed by atoms with Crippen molar-refractivity contribution in [1.82, 2.24) is 14.5 Å². The molecule has 3 heterocycles. The van der Waals surface area contributed by atoms with Crippen LogP contribution in [0.3, 0.4) is 0 Å². The Hall–Kier alpha value is -6.00. The Bertz CT molecular complexity index is 2980. The van der Waals surface area contributed by atoms with Gasteiger partial charge in [0.2, 0.25) is 5.95 Å². The van der Waals surface area contributed by atoms with Crippen molar-refractivity contribution in [2.45, 2.75) is 19.3 Å². The fourth-order valence-electron chi connectivity index (χ4n) is 8.51. The standard InChI is InChI=1S/C43H27N3O/c1-43(2)30-19-10-17-27-25-14-6-7-15-26(25)28-18-11-20-32-36(28)38-33(23-22-31(43)37(38)35(27)30)46(32)42-44-39(24-12-4-3-5-13-24)41-40(45-42)29-16-8-9-21-34(29)47-41/h3-23H,1-2H3. The van der Waals surface area contributed by atoms with E-state index in [1.807, 2.05) is 36.4 Å². The molecule has 0 fully saturated rings. The number of nitrogens with zero attached hydrogens (tertiary/aromatic N) is 3. The quantitative estimate of drug-likeness (QED) is 0.198. The topological polar surface area (TPSA) is 43.9 Å². The SMILES string of the molecule is CC1(C)c2cccc3c4ccccc4c4cccc5c4c4c(c1ccc4n5-c1nc(-c4ccccc4)c4oc5ccccc5c4n1)c23. The molecular formula is C43H27N3O. The third-order valence-electron chi connectivity index (χ3n) is 10.6. The summed E-state index contributed by atoms with van der Waals surface area (Å²) in [6, 6.07) is 45.5. The third-order valence-corrected chi connectivity index (χ3v) is 10.6. The fourth-order valence-corrected chi connectivity index (χ4v) is 8.51. The summed E-state index contributed by atoms with van der Waals surface area (Å²) < 4.78 is 8.74. The monoisotopic (exact) mass is 601 g/mol. The van der Waals surface area contributed by atoms with Gasteiger partial charge in [0.1, 0.15) is 16.8 Å². The normalized spacial score (nSPS) is 13.9. The molecule has 0 N–H and O–H groups in total. The van der Waals surface area contributed by atoms with Crippen LogP contribution >= 0.6 is 0 Å². The van der Waals surface area contributed by atoms with E-state index in [1.165, 1.54) is 54.2 Å². The predicted molar refractivity (Wildman–Crippen MR) is 194 cm³/mol. The molecule has 220 valence electrons. The second-order valence-electron chi connectivity index (χ2n) is 13.3. The molecule has 10 aromatic rings. The first-order valence-electron chi connectivity index (χ1n) is 16.2. The van der Waals surface area contributed by atoms with E-state index in [0.29, 0.717) is 11.5 Å². The van der Waals surface area contributed by atoms with Crippen molar-refractivity contribution in [3.63, 3.8) is 0 Å². The summed E-state index contributed by atoms with van der Waals surface area (Å²) in [4.78, 5) is 10.7. The molecule has 0 saturated heterocycles. The van der Waals surface area contributed by atoms with Crippen LogP contribution in [0.25, 0.3) is 93.4 Å². The Morgan fingerprint density at radius 2 is 1.15 bits per heavy atom. The van der Waals surface area contributed by atoms with Crippen LogP contribution in [0.15, 0.2) is 132 Å². The number of furan rings is 1. The Kier molecular flexibility index (Phi) is 4.63. The maximum atomic E-state index is 6.46. The fraction of sp³-hybridized carbons (Fsp3) is 0.0698. The Balaban J connectivity index is 1.40. The third kappa shape index (κ3) is 3.08. The number of rotatable bonds is 2. The molecule has 0 spiro atoms. The number of fused-ring (bicyclic) bond motifs is 6. The van der Waals surface area contributed by atoms with Crippen molar-refractivity contribution in [1.29, 1.82) is 0 Å². The van der Waals surface area contributed by atoms with E-state index in [1.54, 1.807) is 0 Å². The van der Waals surface area contributed by atoms with Gasteiger partial charge in [0.15, 0.2) is 5.58 Å². The van der Waals surface area contributed by atoms with E-state index in [4.69, 9.17) is 14.4 Å². The molecule has 1 aliphatic carbocycles. The maximum absolute atomic E-state index is 6.46. The highest BCUT2D eigenvalue weighted by Crippen LogP contribution is 2.53. The van der Waals surface area contributed by atoms with Gasteiger partial charge >= 0.3 is 0 Å². The molecule has 4 nitrogen and oxygen atoms in total. The maximum Gasteiger partial charge on any atom is 0.236 e. The first-order valence-corrected chi connectivity index (χ1v) is 16.2. The molecule has 0 radical (unpaired) electrons. The van der Waals surface area contributed by atoms with Gasteiger partial charge in [-0.25, -0.2) is 9.97 Å². The van der Waals surface area contributed by atoms with Crippen LogP contribution in [0.2, 0.25) is 0 Å². The molecule has 0 bridgehead atoms. The summed E-state index contributed by atoms with van der Waals surface area (Å²) in [7, 11) is 0. The van der Waals surface area contributed by atoms with Gasteiger partial charge in [-0.05, 0) is 67.7 Å². The van der Waals surface area contributed by atoms with Crippen LogP contribution in [-0.2, 0) is 5.41 Å². The van der Waals surface area contributed by atoms with Crippen LogP contribution in [0.5, 0.6) is 0 Å². The van der Waals surface area contributed by atoms with Gasteiger partial charge in [0, 0.05) is 27.1 Å². The number of para-hydroxylation sites is 1. The lowest BCUT2D eigenvalue weighted by Crippen LogP contribution is -2.15. The molecule has 47 heavy (non-hydrogen) atoms. The second-order valence-corrected chi connectivity index (χ2v) is 13.3. The first-order chi connectivity index (χ1) is 23.1. The lowest BCUT2D eigenvalue weighted by molar-refractivity contribution is 0.663. The van der Waals surface area contributed by atoms with Gasteiger partial charge in [-0.3, -0.25) is 4.57 Å². The lowest BCUT2D eigenvalue weighted by atomic mass is 9.81. The molecule has 11 rings (SSSR count). The van der Waals surface area contributed by atoms with Crippen LogP contribution < -0.4 is 0 Å². The summed E-state index contributed by atoms with van der Waals surface area (Å²) in [6.07, 6.45) is 0. The Morgan fingerprint density at radius 3 is 1.96 bits per heavy atom. The van der Waals surface area contributed by atoms with Gasteiger partial charge in [-0.1, -0.05) is 117 Å². The molecule has 0 amide bonds. The van der Waals surface area contributed by atoms with Crippen molar-refractivity contribution in [2.75, 3.05) is 0 Å². The van der Waals surface area contributed by atoms with Gasteiger partial charge in [-0.15, -0.1) is 0 Å². The molecule has 0 unspecified atom stereocenters. The zero-order valence-electron chi connectivity index (χ0n) is 25.9. The minimum atomic E-state index is -0.136. The van der Waals surface area contributed by atoms with E-state index >= 15 is 0 Å². The number of aromatic nitrogens is 3. The van der Waals surface area contributed by atoms with Crippen LogP contribution in [0.1, 0.15) is 25.0 Å². The Morgan fingerprint density at radius 1 is 0.511 bits per heavy atom. The summed E-state index contributed by atoms with van der Waals surface area (Å²) in [5.74, 6) is 0.637. The summed E-state index contributed by atoms with van der Waals surface area (Å²) in [6.45, 7) is 4.73. The van der Waals surface area contributed by atoms with Crippen molar-refractivity contribution in [3.8, 4) is 17.2 Å². The minimum Gasteiger partial charge on any atom is -0.452 e. The predicted octanol–water partition coefficient (Wildman–Crippen LogP) is 11.2. The second kappa shape index (κ2) is 8.62. The van der Waals surface area contributed by atoms with Crippen LogP contribution in [-0.4, -0.2) is 14.5 Å². The molecule has 4 heteroatoms. The largest absolute Gasteiger partial charge is 0.452 e. The zero-order chi connectivity index (χ0) is 31.0. The molecule has 1 aliphatic rings. The smallest absolute Gasteiger partial charge is 0.236 e. The van der Waals surface area contributed by atoms with E-state index < -0.39 is 0 Å². The van der Waals surface area contributed by atoms with Crippen molar-refractivity contribution in [3.05, 3.63) is 139 Å². The highest BCUT2D eigenvalue weighted by Gasteiger charge is 2.36. The van der Waals surface area contributed by atoms with Gasteiger partial charge in [-0.2, -0.15) is 0 Å². The molecular weight excluding hydrogens is 574 g/mol. The molecule has 0 saturated carbocycles. The first kappa shape index (κ1) is 25.2. The van der Waals surface area contributed by atoms with Crippen molar-refractivity contribution >= 4 is 76.2 Å². The Labute approximate surface area is 269 Å². The molecule has 0 aliphatic heterocycles. The van der Waals surface area contributed by atoms with E-state index in [-0.39, 0.29) is 5.41 Å². The lowest BCUT2D eigenvalue weighted by Gasteiger charge is -2.22. The van der Waals surface area contributed by atoms with Gasteiger partial charge in [0.25, 0.3) is 0 Å². The number of hydrogen-bond donors (Lipinski definition) is 0. The van der Waals surface area contributed by atoms with Crippen molar-refractivity contribution in [2.24, 2.45) is 0 Å². The molecule has 7 aromatic carbocycles. The zero-order valence-corrected chi connectivity index (χ0v) is 25.9. The van der Waals surface area contributed by atoms with Gasteiger partial charge < -0.3 is 4.42 Å². The molecule has 0 atom stereocenters. The van der Waals surface area contributed by atoms with E-state index in [0.717, 1.165) is 38.8 Å². The van der Waals surface area contributed by atoms with Crippen molar-refractivity contribution < 1.29 is 4.42 Å². The average Bonchev–Trinajstić information content (AvgIpc) is 3.73. The van der Waals surface area contributed by atoms with E-state index in [9.17, 15) is 0 Å². The number of benzene rings is 6. The average molecular weight is 602 g/mol. The van der Waals surface area contributed by atoms with E-state index in [2.05, 4.69) is 109 Å². The highest BCUT2D eigenvalue weighted by atomic mass is 16.3. The molecule has 3 aromatic heterocycles. The summed E-state index contributed by atoms with van der Waals surface area (Å²) >= 11 is 0. The van der Waals surface area contributed by atoms with Crippen LogP contribution in [0.4, 0.5) is 0 Å². The number of hydrogen-bond acceptors (Lipinski definition) is 3.